The lowest BCUT2D eigenvalue weighted by Gasteiger charge is -2.28. The van der Waals surface area contributed by atoms with Crippen LogP contribution in [0.5, 0.6) is 0 Å². The van der Waals surface area contributed by atoms with Gasteiger partial charge in [0.05, 0.1) is 0 Å². The number of piperazine rings is 1. The van der Waals surface area contributed by atoms with Crippen LogP contribution < -0.4 is 5.32 Å². The molecule has 0 aliphatic carbocycles. The summed E-state index contributed by atoms with van der Waals surface area (Å²) in [6, 6.07) is 8.30. The fraction of sp³-hybridized carbons (Fsp3) is 0.533. The average Bonchev–Trinajstić information content (AvgIpc) is 2.46. The predicted molar refractivity (Wildman–Crippen MR) is 91.8 cm³/mol. The Bertz CT molecular complexity index is 452. The molecule has 1 aromatic carbocycles. The van der Waals surface area contributed by atoms with Crippen molar-refractivity contribution in [3.05, 3.63) is 34.3 Å². The van der Waals surface area contributed by atoms with E-state index in [2.05, 4.69) is 45.3 Å². The lowest BCUT2D eigenvalue weighted by Crippen LogP contribution is -2.47. The van der Waals surface area contributed by atoms with Crippen LogP contribution in [-0.2, 0) is 11.3 Å². The smallest absolute Gasteiger partial charge is 0.223 e. The van der Waals surface area contributed by atoms with Gasteiger partial charge in [-0.05, 0) is 24.7 Å². The summed E-state index contributed by atoms with van der Waals surface area (Å²) in [6.07, 6.45) is 0.602. The Balaban J connectivity index is 0.00000220. The second kappa shape index (κ2) is 9.41. The summed E-state index contributed by atoms with van der Waals surface area (Å²) in [5.74, 6) is 0.271. The molecule has 1 saturated heterocycles. The molecule has 0 atom stereocenters. The molecule has 21 heavy (non-hydrogen) atoms. The molecule has 118 valence electrons. The van der Waals surface area contributed by atoms with Crippen molar-refractivity contribution in [3.8, 4) is 0 Å². The molecular formula is C15H23BrClN3O. The monoisotopic (exact) mass is 375 g/mol. The van der Waals surface area contributed by atoms with Gasteiger partial charge in [0.2, 0.25) is 5.91 Å². The van der Waals surface area contributed by atoms with Gasteiger partial charge in [-0.2, -0.15) is 0 Å². The van der Waals surface area contributed by atoms with Crippen LogP contribution >= 0.6 is 28.3 Å². The largest absolute Gasteiger partial charge is 0.340 e. The highest BCUT2D eigenvalue weighted by atomic mass is 79.9. The number of nitrogens with one attached hydrogen (secondary N) is 1. The Morgan fingerprint density at radius 3 is 2.76 bits per heavy atom. The third-order valence-electron chi connectivity index (χ3n) is 3.52. The van der Waals surface area contributed by atoms with E-state index in [-0.39, 0.29) is 18.3 Å². The van der Waals surface area contributed by atoms with E-state index in [0.29, 0.717) is 6.42 Å². The van der Waals surface area contributed by atoms with Crippen LogP contribution in [0.15, 0.2) is 28.7 Å². The summed E-state index contributed by atoms with van der Waals surface area (Å²) < 4.78 is 1.10. The fourth-order valence-electron chi connectivity index (χ4n) is 2.38. The van der Waals surface area contributed by atoms with Crippen LogP contribution in [-0.4, -0.2) is 55.5 Å². The molecule has 0 aromatic heterocycles. The number of rotatable bonds is 5. The van der Waals surface area contributed by atoms with Gasteiger partial charge in [-0.1, -0.05) is 28.1 Å². The molecule has 4 nitrogen and oxygen atoms in total. The Morgan fingerprint density at radius 2 is 2.10 bits per heavy atom. The normalized spacial score (nSPS) is 14.9. The van der Waals surface area contributed by atoms with E-state index < -0.39 is 0 Å². The summed E-state index contributed by atoms with van der Waals surface area (Å²) in [5, 5.41) is 3.26. The van der Waals surface area contributed by atoms with Gasteiger partial charge < -0.3 is 15.1 Å². The third-order valence-corrected chi connectivity index (χ3v) is 4.01. The molecule has 0 bridgehead atoms. The van der Waals surface area contributed by atoms with Gasteiger partial charge in [0.25, 0.3) is 0 Å². The molecule has 6 heteroatoms. The number of nitrogens with zero attached hydrogens (tertiary/aromatic N) is 2. The number of hydrogen-bond acceptors (Lipinski definition) is 3. The molecule has 1 heterocycles. The molecule has 0 unspecified atom stereocenters. The number of carbonyl (C=O) groups excluding carboxylic acids is 1. The van der Waals surface area contributed by atoms with Gasteiger partial charge in [0, 0.05) is 50.2 Å². The van der Waals surface area contributed by atoms with Crippen molar-refractivity contribution in [2.45, 2.75) is 13.0 Å². The Labute approximate surface area is 141 Å². The first-order valence-corrected chi connectivity index (χ1v) is 7.86. The quantitative estimate of drug-likeness (QED) is 0.855. The van der Waals surface area contributed by atoms with Crippen LogP contribution in [0.1, 0.15) is 12.0 Å². The van der Waals surface area contributed by atoms with E-state index in [1.165, 1.54) is 5.56 Å². The maximum Gasteiger partial charge on any atom is 0.223 e. The summed E-state index contributed by atoms with van der Waals surface area (Å²) in [4.78, 5) is 16.2. The first-order chi connectivity index (χ1) is 9.65. The predicted octanol–water partition coefficient (Wildman–Crippen LogP) is 2.12. The van der Waals surface area contributed by atoms with Crippen molar-refractivity contribution in [1.82, 2.24) is 15.1 Å². The van der Waals surface area contributed by atoms with Gasteiger partial charge >= 0.3 is 0 Å². The van der Waals surface area contributed by atoms with Crippen LogP contribution in [0, 0.1) is 0 Å². The van der Waals surface area contributed by atoms with E-state index in [9.17, 15) is 4.79 Å². The van der Waals surface area contributed by atoms with E-state index in [0.717, 1.165) is 43.7 Å². The molecule has 0 radical (unpaired) electrons. The van der Waals surface area contributed by atoms with Crippen molar-refractivity contribution in [2.75, 3.05) is 39.8 Å². The molecule has 1 aliphatic heterocycles. The van der Waals surface area contributed by atoms with Crippen molar-refractivity contribution < 1.29 is 4.79 Å². The molecule has 1 aromatic rings. The second-order valence-corrected chi connectivity index (χ2v) is 6.16. The van der Waals surface area contributed by atoms with Gasteiger partial charge in [-0.25, -0.2) is 0 Å². The first-order valence-electron chi connectivity index (χ1n) is 7.06. The van der Waals surface area contributed by atoms with Crippen molar-refractivity contribution in [3.63, 3.8) is 0 Å². The number of carbonyl (C=O) groups is 1. The van der Waals surface area contributed by atoms with E-state index >= 15 is 0 Å². The zero-order chi connectivity index (χ0) is 14.4. The van der Waals surface area contributed by atoms with Gasteiger partial charge in [-0.3, -0.25) is 4.79 Å². The first kappa shape index (κ1) is 18.4. The molecule has 1 fully saturated rings. The number of benzene rings is 1. The zero-order valence-electron chi connectivity index (χ0n) is 12.3. The Kier molecular flexibility index (Phi) is 8.26. The lowest BCUT2D eigenvalue weighted by molar-refractivity contribution is -0.132. The fourth-order valence-corrected chi connectivity index (χ4v) is 2.83. The summed E-state index contributed by atoms with van der Waals surface area (Å²) in [5.41, 5.74) is 1.26. The maximum atomic E-state index is 12.1. The van der Waals surface area contributed by atoms with Crippen molar-refractivity contribution in [1.29, 1.82) is 0 Å². The van der Waals surface area contributed by atoms with Crippen LogP contribution in [0.4, 0.5) is 0 Å². The minimum atomic E-state index is 0. The van der Waals surface area contributed by atoms with Gasteiger partial charge in [-0.15, -0.1) is 12.4 Å². The molecule has 1 N–H and O–H groups in total. The summed E-state index contributed by atoms with van der Waals surface area (Å²) >= 11 is 3.48. The molecule has 2 rings (SSSR count). The third kappa shape index (κ3) is 6.34. The van der Waals surface area contributed by atoms with E-state index in [4.69, 9.17) is 0 Å². The van der Waals surface area contributed by atoms with Crippen LogP contribution in [0.2, 0.25) is 0 Å². The average molecular weight is 377 g/mol. The van der Waals surface area contributed by atoms with Gasteiger partial charge in [0.1, 0.15) is 0 Å². The minimum Gasteiger partial charge on any atom is -0.340 e. The molecule has 1 amide bonds. The van der Waals surface area contributed by atoms with Gasteiger partial charge in [0.15, 0.2) is 0 Å². The van der Waals surface area contributed by atoms with E-state index in [1.54, 1.807) is 0 Å². The molecule has 0 saturated carbocycles. The summed E-state index contributed by atoms with van der Waals surface area (Å²) in [6.45, 7) is 5.19. The van der Waals surface area contributed by atoms with E-state index in [1.807, 2.05) is 17.0 Å². The molecule has 0 spiro atoms. The highest BCUT2D eigenvalue weighted by Gasteiger charge is 2.16. The highest BCUT2D eigenvalue weighted by molar-refractivity contribution is 9.10. The SMILES string of the molecule is CN(CCC(=O)N1CCNCC1)Cc1cccc(Br)c1.Cl. The van der Waals surface area contributed by atoms with Crippen molar-refractivity contribution in [2.24, 2.45) is 0 Å². The maximum absolute atomic E-state index is 12.1. The lowest BCUT2D eigenvalue weighted by atomic mass is 10.2. The second-order valence-electron chi connectivity index (χ2n) is 5.25. The standard InChI is InChI=1S/C15H22BrN3O.ClH/c1-18(12-13-3-2-4-14(16)11-13)8-5-15(20)19-9-6-17-7-10-19;/h2-4,11,17H,5-10,12H2,1H3;1H. The van der Waals surface area contributed by atoms with Crippen LogP contribution in [0.3, 0.4) is 0 Å². The number of halogens is 2. The summed E-state index contributed by atoms with van der Waals surface area (Å²) in [7, 11) is 2.06. The molecular weight excluding hydrogens is 354 g/mol. The van der Waals surface area contributed by atoms with Crippen LogP contribution in [0.25, 0.3) is 0 Å². The topological polar surface area (TPSA) is 35.6 Å². The molecule has 1 aliphatic rings. The number of amides is 1. The van der Waals surface area contributed by atoms with Crippen molar-refractivity contribution >= 4 is 34.2 Å². The number of hydrogen-bond donors (Lipinski definition) is 1. The minimum absolute atomic E-state index is 0. The zero-order valence-corrected chi connectivity index (χ0v) is 14.8. The Morgan fingerprint density at radius 1 is 1.38 bits per heavy atom. The highest BCUT2D eigenvalue weighted by Crippen LogP contribution is 2.13. The Hall–Kier alpha value is -0.620.